The fourth-order valence-electron chi connectivity index (χ4n) is 4.67. The highest BCUT2D eigenvalue weighted by Gasteiger charge is 2.31. The quantitative estimate of drug-likeness (QED) is 0.487. The van der Waals surface area contributed by atoms with Gasteiger partial charge in [0, 0.05) is 37.2 Å². The Hall–Kier alpha value is -2.51. The minimum Gasteiger partial charge on any atom is -0.481 e. The van der Waals surface area contributed by atoms with Crippen LogP contribution in [0.3, 0.4) is 0 Å². The number of likely N-dealkylation sites (tertiary alicyclic amines) is 1. The molecule has 0 saturated carbocycles. The highest BCUT2D eigenvalue weighted by Crippen LogP contribution is 2.32. The van der Waals surface area contributed by atoms with Crippen molar-refractivity contribution in [2.45, 2.75) is 44.6 Å². The van der Waals surface area contributed by atoms with Crippen molar-refractivity contribution >= 4 is 5.91 Å². The van der Waals surface area contributed by atoms with E-state index in [0.29, 0.717) is 24.9 Å². The van der Waals surface area contributed by atoms with E-state index < -0.39 is 0 Å². The number of hydrogen-bond donors (Lipinski definition) is 0. The number of carbonyl (C=O) groups is 1. The van der Waals surface area contributed by atoms with Crippen LogP contribution in [0, 0.1) is 5.92 Å². The monoisotopic (exact) mass is 439 g/mol. The summed E-state index contributed by atoms with van der Waals surface area (Å²) in [6.45, 7) is 2.76. The van der Waals surface area contributed by atoms with Crippen LogP contribution in [-0.4, -0.2) is 67.4 Å². The van der Waals surface area contributed by atoms with Gasteiger partial charge in [-0.1, -0.05) is 30.3 Å². The van der Waals surface area contributed by atoms with E-state index in [4.69, 9.17) is 19.2 Å². The zero-order chi connectivity index (χ0) is 22.3. The highest BCUT2D eigenvalue weighted by atomic mass is 16.5. The molecule has 1 atom stereocenters. The molecule has 2 heterocycles. The third-order valence-corrected chi connectivity index (χ3v) is 6.50. The van der Waals surface area contributed by atoms with Gasteiger partial charge in [0.15, 0.2) is 5.82 Å². The van der Waals surface area contributed by atoms with Crippen LogP contribution < -0.4 is 4.74 Å². The smallest absolute Gasteiger partial charge is 0.225 e. The van der Waals surface area contributed by atoms with E-state index in [-0.39, 0.29) is 17.9 Å². The molecule has 1 aliphatic carbocycles. The average molecular weight is 440 g/mol. The first-order valence-electron chi connectivity index (χ1n) is 11.6. The van der Waals surface area contributed by atoms with Crippen LogP contribution in [0.1, 0.15) is 36.9 Å². The largest absolute Gasteiger partial charge is 0.481 e. The maximum absolute atomic E-state index is 13.3. The number of piperidine rings is 1. The van der Waals surface area contributed by atoms with Gasteiger partial charge in [-0.05, 0) is 38.5 Å². The molecule has 1 unspecified atom stereocenters. The van der Waals surface area contributed by atoms with Crippen molar-refractivity contribution in [3.63, 3.8) is 0 Å². The van der Waals surface area contributed by atoms with Crippen molar-refractivity contribution in [1.82, 2.24) is 14.9 Å². The normalized spacial score (nSPS) is 19.3. The summed E-state index contributed by atoms with van der Waals surface area (Å²) in [6.07, 6.45) is 5.15. The SMILES string of the molecule is COCCOC1CCN(C(=O)C2CCc3nc(-c4ccccc4)nc(OC)c3CC2)CC1. The molecule has 1 aromatic heterocycles. The molecule has 0 radical (unpaired) electrons. The van der Waals surface area contributed by atoms with Gasteiger partial charge in [0.25, 0.3) is 0 Å². The number of methoxy groups -OCH3 is 2. The molecule has 1 amide bonds. The first-order valence-corrected chi connectivity index (χ1v) is 11.6. The highest BCUT2D eigenvalue weighted by molar-refractivity contribution is 5.79. The molecule has 0 bridgehead atoms. The van der Waals surface area contributed by atoms with Crippen LogP contribution in [0.5, 0.6) is 5.88 Å². The van der Waals surface area contributed by atoms with Crippen molar-refractivity contribution in [2.75, 3.05) is 40.5 Å². The van der Waals surface area contributed by atoms with Crippen LogP contribution in [-0.2, 0) is 27.1 Å². The third-order valence-electron chi connectivity index (χ3n) is 6.50. The van der Waals surface area contributed by atoms with Crippen LogP contribution in [0.15, 0.2) is 30.3 Å². The first kappa shape index (κ1) is 22.7. The Morgan fingerprint density at radius 2 is 1.75 bits per heavy atom. The van der Waals surface area contributed by atoms with E-state index in [9.17, 15) is 4.79 Å². The van der Waals surface area contributed by atoms with Gasteiger partial charge in [0.1, 0.15) is 0 Å². The second kappa shape index (κ2) is 10.9. The van der Waals surface area contributed by atoms with Gasteiger partial charge >= 0.3 is 0 Å². The fraction of sp³-hybridized carbons (Fsp3) is 0.560. The number of carbonyl (C=O) groups excluding carboxylic acids is 1. The van der Waals surface area contributed by atoms with E-state index in [1.807, 2.05) is 35.2 Å². The minimum atomic E-state index is 0.0139. The summed E-state index contributed by atoms with van der Waals surface area (Å²) in [5.41, 5.74) is 3.03. The molecule has 1 aromatic carbocycles. The molecule has 1 fully saturated rings. The molecule has 2 aliphatic rings. The Balaban J connectivity index is 1.40. The first-order chi connectivity index (χ1) is 15.7. The lowest BCUT2D eigenvalue weighted by Crippen LogP contribution is -2.44. The van der Waals surface area contributed by atoms with Gasteiger partial charge < -0.3 is 19.1 Å². The van der Waals surface area contributed by atoms with Crippen molar-refractivity contribution in [3.05, 3.63) is 41.6 Å². The second-order valence-corrected chi connectivity index (χ2v) is 8.51. The van der Waals surface area contributed by atoms with Crippen LogP contribution in [0.2, 0.25) is 0 Å². The molecule has 7 heteroatoms. The average Bonchev–Trinajstić information content (AvgIpc) is 3.07. The number of ether oxygens (including phenoxy) is 3. The number of aromatic nitrogens is 2. The lowest BCUT2D eigenvalue weighted by Gasteiger charge is -2.34. The third kappa shape index (κ3) is 5.27. The molecule has 4 rings (SSSR count). The summed E-state index contributed by atoms with van der Waals surface area (Å²) >= 11 is 0. The van der Waals surface area contributed by atoms with Gasteiger partial charge in [-0.2, -0.15) is 4.98 Å². The zero-order valence-electron chi connectivity index (χ0n) is 19.1. The van der Waals surface area contributed by atoms with Crippen molar-refractivity contribution < 1.29 is 19.0 Å². The Labute approximate surface area is 190 Å². The van der Waals surface area contributed by atoms with E-state index in [2.05, 4.69) is 4.98 Å². The molecule has 1 saturated heterocycles. The number of nitrogens with zero attached hydrogens (tertiary/aromatic N) is 3. The molecule has 1 aliphatic heterocycles. The molecule has 0 spiro atoms. The van der Waals surface area contributed by atoms with E-state index in [1.165, 1.54) is 0 Å². The number of fused-ring (bicyclic) bond motifs is 1. The summed E-state index contributed by atoms with van der Waals surface area (Å²) in [5, 5.41) is 0. The molecule has 2 aromatic rings. The van der Waals surface area contributed by atoms with Crippen LogP contribution in [0.4, 0.5) is 0 Å². The lowest BCUT2D eigenvalue weighted by atomic mass is 9.96. The number of rotatable bonds is 7. The van der Waals surface area contributed by atoms with Crippen LogP contribution in [0.25, 0.3) is 11.4 Å². The molecule has 32 heavy (non-hydrogen) atoms. The summed E-state index contributed by atoms with van der Waals surface area (Å²) in [5.74, 6) is 1.60. The van der Waals surface area contributed by atoms with Crippen molar-refractivity contribution in [3.8, 4) is 17.3 Å². The maximum atomic E-state index is 13.3. The predicted molar refractivity (Wildman–Crippen MR) is 122 cm³/mol. The van der Waals surface area contributed by atoms with Gasteiger partial charge in [-0.3, -0.25) is 4.79 Å². The Bertz CT molecular complexity index is 898. The topological polar surface area (TPSA) is 73.8 Å². The van der Waals surface area contributed by atoms with Crippen molar-refractivity contribution in [2.24, 2.45) is 5.92 Å². The van der Waals surface area contributed by atoms with Crippen molar-refractivity contribution in [1.29, 1.82) is 0 Å². The van der Waals surface area contributed by atoms with Gasteiger partial charge in [0.2, 0.25) is 11.8 Å². The van der Waals surface area contributed by atoms with E-state index >= 15 is 0 Å². The summed E-state index contributed by atoms with van der Waals surface area (Å²) in [4.78, 5) is 24.8. The Kier molecular flexibility index (Phi) is 7.71. The summed E-state index contributed by atoms with van der Waals surface area (Å²) in [7, 11) is 3.34. The molecular formula is C25H33N3O4. The predicted octanol–water partition coefficient (Wildman–Crippen LogP) is 3.30. The van der Waals surface area contributed by atoms with E-state index in [0.717, 1.165) is 68.4 Å². The van der Waals surface area contributed by atoms with Gasteiger partial charge in [-0.15, -0.1) is 0 Å². The van der Waals surface area contributed by atoms with E-state index in [1.54, 1.807) is 14.2 Å². The Morgan fingerprint density at radius 3 is 2.47 bits per heavy atom. The number of amides is 1. The maximum Gasteiger partial charge on any atom is 0.225 e. The summed E-state index contributed by atoms with van der Waals surface area (Å²) < 4.78 is 16.5. The second-order valence-electron chi connectivity index (χ2n) is 8.51. The lowest BCUT2D eigenvalue weighted by molar-refractivity contribution is -0.138. The molecule has 0 N–H and O–H groups in total. The molecule has 172 valence electrons. The number of benzene rings is 1. The standard InChI is InChI=1S/C25H33N3O4/c1-30-16-17-32-20-12-14-28(15-13-20)25(29)19-8-10-21-22(11-9-19)26-23(27-24(21)31-2)18-6-4-3-5-7-18/h3-7,19-20H,8-17H2,1-2H3. The molecular weight excluding hydrogens is 406 g/mol. The number of hydrogen-bond acceptors (Lipinski definition) is 6. The zero-order valence-corrected chi connectivity index (χ0v) is 19.1. The number of aryl methyl sites for hydroxylation is 1. The van der Waals surface area contributed by atoms with Gasteiger partial charge in [0.05, 0.1) is 32.1 Å². The minimum absolute atomic E-state index is 0.0139. The summed E-state index contributed by atoms with van der Waals surface area (Å²) in [6, 6.07) is 9.96. The fourth-order valence-corrected chi connectivity index (χ4v) is 4.67. The molecule has 7 nitrogen and oxygen atoms in total. The van der Waals surface area contributed by atoms with Gasteiger partial charge in [-0.25, -0.2) is 4.98 Å². The van der Waals surface area contributed by atoms with Crippen LogP contribution >= 0.6 is 0 Å². The Morgan fingerprint density at radius 1 is 1.00 bits per heavy atom.